The molecular formula is C15H20ClN5. The summed E-state index contributed by atoms with van der Waals surface area (Å²) >= 11 is 5.91. The highest BCUT2D eigenvalue weighted by molar-refractivity contribution is 6.30. The molecule has 112 valence electrons. The standard InChI is InChI=1S/C15H20ClN5/c1-3-4-13-14(20-17)18-10-19-15(13)21(2)9-11-5-7-12(16)8-6-11/h5-8,10H,3-4,9,17H2,1-2H3,(H,18,19,20). The van der Waals surface area contributed by atoms with Crippen LogP contribution in [0.2, 0.25) is 5.02 Å². The predicted octanol–water partition coefficient (Wildman–Crippen LogP) is 3.00. The first-order valence-electron chi connectivity index (χ1n) is 6.91. The van der Waals surface area contributed by atoms with Crippen LogP contribution in [0, 0.1) is 0 Å². The molecule has 0 aliphatic rings. The third-order valence-electron chi connectivity index (χ3n) is 3.25. The molecule has 2 rings (SSSR count). The zero-order valence-corrected chi connectivity index (χ0v) is 13.1. The van der Waals surface area contributed by atoms with E-state index in [4.69, 9.17) is 17.4 Å². The van der Waals surface area contributed by atoms with Gasteiger partial charge in [-0.15, -0.1) is 0 Å². The molecule has 0 radical (unpaired) electrons. The number of nitrogens with zero attached hydrogens (tertiary/aromatic N) is 3. The lowest BCUT2D eigenvalue weighted by Crippen LogP contribution is -2.21. The molecule has 0 atom stereocenters. The Kier molecular flexibility index (Phi) is 5.36. The number of halogens is 1. The van der Waals surface area contributed by atoms with Crippen molar-refractivity contribution in [2.45, 2.75) is 26.3 Å². The Morgan fingerprint density at radius 2 is 1.95 bits per heavy atom. The summed E-state index contributed by atoms with van der Waals surface area (Å²) in [5.41, 5.74) is 4.86. The number of hydrogen-bond acceptors (Lipinski definition) is 5. The highest BCUT2D eigenvalue weighted by Gasteiger charge is 2.14. The number of aromatic nitrogens is 2. The van der Waals surface area contributed by atoms with E-state index in [-0.39, 0.29) is 0 Å². The second-order valence-electron chi connectivity index (χ2n) is 4.90. The van der Waals surface area contributed by atoms with E-state index in [0.29, 0.717) is 5.82 Å². The van der Waals surface area contributed by atoms with Crippen molar-refractivity contribution in [1.82, 2.24) is 9.97 Å². The van der Waals surface area contributed by atoms with Crippen LogP contribution in [-0.2, 0) is 13.0 Å². The molecule has 5 nitrogen and oxygen atoms in total. The van der Waals surface area contributed by atoms with E-state index in [1.807, 2.05) is 31.3 Å². The molecule has 0 saturated heterocycles. The van der Waals surface area contributed by atoms with Gasteiger partial charge in [-0.25, -0.2) is 15.8 Å². The number of rotatable bonds is 6. The maximum Gasteiger partial charge on any atom is 0.148 e. The summed E-state index contributed by atoms with van der Waals surface area (Å²) in [5, 5.41) is 0.740. The summed E-state index contributed by atoms with van der Waals surface area (Å²) in [7, 11) is 2.01. The molecule has 0 saturated carbocycles. The van der Waals surface area contributed by atoms with Crippen LogP contribution < -0.4 is 16.2 Å². The van der Waals surface area contributed by atoms with Gasteiger partial charge in [-0.3, -0.25) is 0 Å². The molecule has 1 aromatic heterocycles. The van der Waals surface area contributed by atoms with E-state index in [1.54, 1.807) is 0 Å². The van der Waals surface area contributed by atoms with E-state index in [9.17, 15) is 0 Å². The van der Waals surface area contributed by atoms with Gasteiger partial charge in [0.2, 0.25) is 0 Å². The van der Waals surface area contributed by atoms with Crippen LogP contribution in [0.1, 0.15) is 24.5 Å². The predicted molar refractivity (Wildman–Crippen MR) is 87.4 cm³/mol. The van der Waals surface area contributed by atoms with Crippen molar-refractivity contribution in [3.8, 4) is 0 Å². The van der Waals surface area contributed by atoms with Crippen molar-refractivity contribution < 1.29 is 0 Å². The summed E-state index contributed by atoms with van der Waals surface area (Å²) < 4.78 is 0. The number of anilines is 2. The molecular weight excluding hydrogens is 286 g/mol. The van der Waals surface area contributed by atoms with Crippen molar-refractivity contribution in [1.29, 1.82) is 0 Å². The SMILES string of the molecule is CCCc1c(NN)ncnc1N(C)Cc1ccc(Cl)cc1. The summed E-state index contributed by atoms with van der Waals surface area (Å²) in [5.74, 6) is 7.13. The highest BCUT2D eigenvalue weighted by Crippen LogP contribution is 2.25. The molecule has 6 heteroatoms. The second kappa shape index (κ2) is 7.24. The Morgan fingerprint density at radius 3 is 2.57 bits per heavy atom. The average Bonchev–Trinajstić information content (AvgIpc) is 2.50. The molecule has 0 fully saturated rings. The van der Waals surface area contributed by atoms with Crippen LogP contribution in [0.4, 0.5) is 11.6 Å². The minimum absolute atomic E-state index is 0.685. The van der Waals surface area contributed by atoms with Gasteiger partial charge in [-0.05, 0) is 24.1 Å². The first-order valence-corrected chi connectivity index (χ1v) is 7.29. The fourth-order valence-electron chi connectivity index (χ4n) is 2.28. The minimum atomic E-state index is 0.685. The number of hydrogen-bond donors (Lipinski definition) is 2. The van der Waals surface area contributed by atoms with Gasteiger partial charge in [0.05, 0.1) is 0 Å². The van der Waals surface area contributed by atoms with Crippen LogP contribution in [0.25, 0.3) is 0 Å². The number of benzene rings is 1. The monoisotopic (exact) mass is 305 g/mol. The molecule has 0 bridgehead atoms. The van der Waals surface area contributed by atoms with E-state index in [1.165, 1.54) is 11.9 Å². The number of hydrazine groups is 1. The van der Waals surface area contributed by atoms with Gasteiger partial charge < -0.3 is 10.3 Å². The molecule has 0 amide bonds. The van der Waals surface area contributed by atoms with Crippen LogP contribution >= 0.6 is 11.6 Å². The molecule has 21 heavy (non-hydrogen) atoms. The van der Waals surface area contributed by atoms with Gasteiger partial charge in [0.15, 0.2) is 0 Å². The number of nitrogens with one attached hydrogen (secondary N) is 1. The average molecular weight is 306 g/mol. The van der Waals surface area contributed by atoms with Gasteiger partial charge >= 0.3 is 0 Å². The Morgan fingerprint density at radius 1 is 1.24 bits per heavy atom. The topological polar surface area (TPSA) is 67.1 Å². The quantitative estimate of drug-likeness (QED) is 0.634. The van der Waals surface area contributed by atoms with E-state index in [2.05, 4.69) is 27.2 Å². The Bertz CT molecular complexity index is 585. The zero-order chi connectivity index (χ0) is 15.2. The third-order valence-corrected chi connectivity index (χ3v) is 3.51. The Balaban J connectivity index is 2.25. The summed E-state index contributed by atoms with van der Waals surface area (Å²) in [6, 6.07) is 7.82. The maximum atomic E-state index is 5.91. The van der Waals surface area contributed by atoms with Crippen LogP contribution in [0.3, 0.4) is 0 Å². The lowest BCUT2D eigenvalue weighted by Gasteiger charge is -2.22. The first-order chi connectivity index (χ1) is 10.2. The van der Waals surface area contributed by atoms with Crippen molar-refractivity contribution in [3.05, 3.63) is 46.7 Å². The highest BCUT2D eigenvalue weighted by atomic mass is 35.5. The molecule has 0 unspecified atom stereocenters. The minimum Gasteiger partial charge on any atom is -0.355 e. The number of nitrogens with two attached hydrogens (primary N) is 1. The summed E-state index contributed by atoms with van der Waals surface area (Å²) in [6.07, 6.45) is 3.41. The molecule has 1 heterocycles. The van der Waals surface area contributed by atoms with Gasteiger partial charge in [0.1, 0.15) is 18.0 Å². The molecule has 1 aromatic carbocycles. The largest absolute Gasteiger partial charge is 0.355 e. The fourth-order valence-corrected chi connectivity index (χ4v) is 2.40. The zero-order valence-electron chi connectivity index (χ0n) is 12.3. The van der Waals surface area contributed by atoms with E-state index in [0.717, 1.165) is 35.8 Å². The van der Waals surface area contributed by atoms with Gasteiger partial charge in [0.25, 0.3) is 0 Å². The summed E-state index contributed by atoms with van der Waals surface area (Å²) in [6.45, 7) is 2.87. The maximum absolute atomic E-state index is 5.91. The Labute approximate surface area is 130 Å². The van der Waals surface area contributed by atoms with Gasteiger partial charge in [0, 0.05) is 24.2 Å². The molecule has 0 aliphatic heterocycles. The lowest BCUT2D eigenvalue weighted by molar-refractivity contribution is 0.843. The molecule has 3 N–H and O–H groups in total. The van der Waals surface area contributed by atoms with Crippen LogP contribution in [0.5, 0.6) is 0 Å². The van der Waals surface area contributed by atoms with Crippen molar-refractivity contribution in [2.24, 2.45) is 5.84 Å². The van der Waals surface area contributed by atoms with Crippen LogP contribution in [0.15, 0.2) is 30.6 Å². The van der Waals surface area contributed by atoms with E-state index < -0.39 is 0 Å². The third kappa shape index (κ3) is 3.83. The lowest BCUT2D eigenvalue weighted by atomic mass is 10.1. The van der Waals surface area contributed by atoms with Crippen LogP contribution in [-0.4, -0.2) is 17.0 Å². The normalized spacial score (nSPS) is 10.5. The van der Waals surface area contributed by atoms with Crippen molar-refractivity contribution >= 4 is 23.2 Å². The van der Waals surface area contributed by atoms with E-state index >= 15 is 0 Å². The second-order valence-corrected chi connectivity index (χ2v) is 5.34. The molecule has 0 spiro atoms. The molecule has 0 aliphatic carbocycles. The fraction of sp³-hybridized carbons (Fsp3) is 0.333. The van der Waals surface area contributed by atoms with Gasteiger partial charge in [-0.1, -0.05) is 37.1 Å². The Hall–Kier alpha value is -1.85. The van der Waals surface area contributed by atoms with Crippen molar-refractivity contribution in [2.75, 3.05) is 17.4 Å². The first kappa shape index (κ1) is 15.5. The summed E-state index contributed by atoms with van der Waals surface area (Å²) in [4.78, 5) is 10.7. The molecule has 2 aromatic rings. The number of nitrogen functional groups attached to an aromatic ring is 1. The van der Waals surface area contributed by atoms with Gasteiger partial charge in [-0.2, -0.15) is 0 Å². The van der Waals surface area contributed by atoms with Crippen molar-refractivity contribution in [3.63, 3.8) is 0 Å². The smallest absolute Gasteiger partial charge is 0.148 e.